The second-order valence-electron chi connectivity index (χ2n) is 22.2. The van der Waals surface area contributed by atoms with E-state index in [-0.39, 0.29) is 46.2 Å². The molecule has 20 heteroatoms. The van der Waals surface area contributed by atoms with Gasteiger partial charge in [-0.3, -0.25) is 54.5 Å². The Balaban J connectivity index is 0.000000222. The van der Waals surface area contributed by atoms with E-state index < -0.39 is 18.3 Å². The van der Waals surface area contributed by atoms with Gasteiger partial charge in [0.1, 0.15) is 17.2 Å². The third-order valence-corrected chi connectivity index (χ3v) is 15.9. The number of hydrogen-bond acceptors (Lipinski definition) is 17. The van der Waals surface area contributed by atoms with Gasteiger partial charge in [-0.15, -0.1) is 11.8 Å². The largest absolute Gasteiger partial charge is 0.508 e. The van der Waals surface area contributed by atoms with Crippen LogP contribution in [0, 0.1) is 0 Å². The first kappa shape index (κ1) is 83.0. The fourth-order valence-corrected chi connectivity index (χ4v) is 9.74. The van der Waals surface area contributed by atoms with Crippen molar-refractivity contribution in [3.63, 3.8) is 0 Å². The lowest BCUT2D eigenvalue weighted by Gasteiger charge is -2.07. The molecule has 1 heterocycles. The number of ether oxygens (including phenoxy) is 3. The molecule has 0 fully saturated rings. The molecular formula is C85H80N4O14S2. The van der Waals surface area contributed by atoms with Gasteiger partial charge in [0, 0.05) is 83.1 Å². The fraction of sp³-hybridized carbons (Fsp3) is 0.118. The smallest absolute Gasteiger partial charge is 0.417 e. The van der Waals surface area contributed by atoms with Crippen molar-refractivity contribution in [1.82, 2.24) is 4.98 Å². The van der Waals surface area contributed by atoms with E-state index in [2.05, 4.69) is 33.1 Å². The SMILES string of the molecule is CC(=O)c1ccc(-c2ccncc2)cc1.CC(=O)c1ccc(NC(=O)Oc2ccccc2)cc1.CC(=O)c1ccc(O)cc1.CC(=O)c1ccc(Sc2ccccc2)cc1.CC(=O)c1cccc(OC(=O)Nc2ccccc2)c1.CCOC(=O)Nc1ccc(C(C)=O)cc1.CSc1ccc(C(C)=O)cc1. The van der Waals surface area contributed by atoms with Crippen LogP contribution in [0.3, 0.4) is 0 Å². The summed E-state index contributed by atoms with van der Waals surface area (Å²) in [4.78, 5) is 119. The minimum Gasteiger partial charge on any atom is -0.508 e. The predicted octanol–water partition coefficient (Wildman–Crippen LogP) is 20.7. The van der Waals surface area contributed by atoms with Crippen molar-refractivity contribution >= 4 is 99.3 Å². The van der Waals surface area contributed by atoms with Crippen molar-refractivity contribution in [2.45, 2.75) is 70.1 Å². The van der Waals surface area contributed by atoms with Crippen LogP contribution in [0.4, 0.5) is 31.4 Å². The van der Waals surface area contributed by atoms with Gasteiger partial charge in [-0.25, -0.2) is 14.4 Å². The number of benzene rings is 10. The van der Waals surface area contributed by atoms with Gasteiger partial charge in [-0.1, -0.05) is 127 Å². The number of phenols is 1. The number of amides is 3. The first-order chi connectivity index (χ1) is 50.4. The minimum atomic E-state index is -0.591. The zero-order valence-electron chi connectivity index (χ0n) is 59.4. The van der Waals surface area contributed by atoms with Gasteiger partial charge < -0.3 is 19.3 Å². The summed E-state index contributed by atoms with van der Waals surface area (Å²) in [5.41, 5.74) is 8.67. The number of Topliss-reactive ketones (excluding diaryl/α,β-unsaturated/α-hetero) is 7. The van der Waals surface area contributed by atoms with Gasteiger partial charge in [-0.2, -0.15) is 0 Å². The number of pyridine rings is 1. The summed E-state index contributed by atoms with van der Waals surface area (Å²) < 4.78 is 14.9. The molecular weight excluding hydrogens is 1370 g/mol. The number of aromatic hydroxyl groups is 1. The summed E-state index contributed by atoms with van der Waals surface area (Å²) in [5, 5.41) is 16.5. The Morgan fingerprint density at radius 3 is 1.07 bits per heavy atom. The van der Waals surface area contributed by atoms with E-state index in [1.165, 1.54) is 55.7 Å². The quantitative estimate of drug-likeness (QED) is 0.0487. The van der Waals surface area contributed by atoms with E-state index >= 15 is 0 Å². The standard InChI is InChI=1S/2C15H13NO3.C14H12OS.C13H11NO.C11H13NO3.C9H10OS.C8H8O2/c1-11(17)12-6-5-9-14(10-12)19-15(18)16-13-7-3-2-4-8-13;1-11(17)12-7-9-13(10-8-12)16-15(18)19-14-5-3-2-4-6-14;1-11(15)12-7-9-14(10-8-12)16-13-5-3-2-4-6-13;1-10(15)11-2-4-12(5-3-11)13-6-8-14-9-7-13;1-3-15-11(14)12-10-6-4-9(5-7-10)8(2)13;1-7(10)8-3-5-9(11-2)6-4-8;1-6(9)7-2-4-8(10)5-3-7/h2*2-10H,1H3,(H,16,18);2-10H,1H3;2-9H,1H3;4-7H,3H2,1-2H3,(H,12,14);3-6H,1-2H3;2-5,10H,1H3. The van der Waals surface area contributed by atoms with E-state index in [0.717, 1.165) is 32.7 Å². The first-order valence-electron chi connectivity index (χ1n) is 32.5. The van der Waals surface area contributed by atoms with Gasteiger partial charge in [-0.05, 0) is 230 Å². The maximum absolute atomic E-state index is 11.6. The molecule has 0 aliphatic carbocycles. The van der Waals surface area contributed by atoms with Crippen LogP contribution in [-0.4, -0.2) is 81.7 Å². The van der Waals surface area contributed by atoms with E-state index in [9.17, 15) is 47.9 Å². The lowest BCUT2D eigenvalue weighted by atomic mass is 10.0. The number of carbonyl (C=O) groups is 10. The second-order valence-corrected chi connectivity index (χ2v) is 24.2. The Bertz CT molecular complexity index is 4590. The summed E-state index contributed by atoms with van der Waals surface area (Å²) in [5.74, 6) is 1.24. The molecule has 10 aromatic carbocycles. The van der Waals surface area contributed by atoms with Gasteiger partial charge in [0.25, 0.3) is 0 Å². The molecule has 4 N–H and O–H groups in total. The van der Waals surface area contributed by atoms with Gasteiger partial charge in [0.15, 0.2) is 40.5 Å². The van der Waals surface area contributed by atoms with Crippen LogP contribution in [-0.2, 0) is 4.74 Å². The number of anilines is 3. The number of nitrogens with one attached hydrogen (secondary N) is 3. The van der Waals surface area contributed by atoms with Crippen LogP contribution in [0.5, 0.6) is 17.2 Å². The normalized spacial score (nSPS) is 9.72. The topological polar surface area (TPSA) is 268 Å². The Kier molecular flexibility index (Phi) is 35.8. The van der Waals surface area contributed by atoms with Gasteiger partial charge >= 0.3 is 18.3 Å². The van der Waals surface area contributed by atoms with Gasteiger partial charge in [0.2, 0.25) is 0 Å². The van der Waals surface area contributed by atoms with Crippen molar-refractivity contribution in [2.75, 3.05) is 28.8 Å². The fourth-order valence-electron chi connectivity index (χ4n) is 8.50. The second kappa shape index (κ2) is 45.3. The maximum Gasteiger partial charge on any atom is 0.417 e. The summed E-state index contributed by atoms with van der Waals surface area (Å²) >= 11 is 3.37. The number of carbonyl (C=O) groups excluding carboxylic acids is 10. The van der Waals surface area contributed by atoms with E-state index in [0.29, 0.717) is 57.4 Å². The molecule has 0 spiro atoms. The third-order valence-electron chi connectivity index (χ3n) is 14.1. The van der Waals surface area contributed by atoms with Crippen molar-refractivity contribution in [1.29, 1.82) is 0 Å². The number of hydrogen-bond donors (Lipinski definition) is 4. The van der Waals surface area contributed by atoms with Crippen molar-refractivity contribution in [3.05, 3.63) is 324 Å². The van der Waals surface area contributed by atoms with Crippen LogP contribution >= 0.6 is 23.5 Å². The predicted molar refractivity (Wildman–Crippen MR) is 415 cm³/mol. The number of rotatable bonds is 17. The molecule has 18 nitrogen and oxygen atoms in total. The molecule has 0 aliphatic rings. The van der Waals surface area contributed by atoms with Crippen molar-refractivity contribution in [3.8, 4) is 28.4 Å². The number of para-hydroxylation sites is 2. The number of aromatic nitrogens is 1. The number of ketones is 7. The molecule has 0 bridgehead atoms. The summed E-state index contributed by atoms with van der Waals surface area (Å²) in [7, 11) is 0. The Labute approximate surface area is 619 Å². The molecule has 0 atom stereocenters. The highest BCUT2D eigenvalue weighted by Gasteiger charge is 2.10. The summed E-state index contributed by atoms with van der Waals surface area (Å²) in [6, 6.07) is 80.7. The lowest BCUT2D eigenvalue weighted by molar-refractivity contribution is 0.100. The molecule has 1 aromatic heterocycles. The Morgan fingerprint density at radius 1 is 0.333 bits per heavy atom. The van der Waals surface area contributed by atoms with E-state index in [4.69, 9.17) is 19.3 Å². The van der Waals surface area contributed by atoms with E-state index in [1.54, 1.807) is 179 Å². The minimum absolute atomic E-state index is 0.00214. The molecule has 105 heavy (non-hydrogen) atoms. The van der Waals surface area contributed by atoms with Crippen LogP contribution in [0.25, 0.3) is 11.1 Å². The highest BCUT2D eigenvalue weighted by molar-refractivity contribution is 7.99. The Morgan fingerprint density at radius 2 is 0.657 bits per heavy atom. The zero-order chi connectivity index (χ0) is 76.5. The molecule has 0 unspecified atom stereocenters. The molecule has 3 amide bonds. The van der Waals surface area contributed by atoms with Crippen LogP contribution in [0.2, 0.25) is 0 Å². The van der Waals surface area contributed by atoms with Crippen LogP contribution in [0.15, 0.2) is 300 Å². The summed E-state index contributed by atoms with van der Waals surface area (Å²) in [6.45, 7) is 12.7. The highest BCUT2D eigenvalue weighted by atomic mass is 32.2. The molecule has 0 saturated heterocycles. The van der Waals surface area contributed by atoms with Crippen LogP contribution in [0.1, 0.15) is 128 Å². The lowest BCUT2D eigenvalue weighted by Crippen LogP contribution is -2.16. The van der Waals surface area contributed by atoms with E-state index in [1.807, 2.05) is 134 Å². The molecule has 0 aliphatic heterocycles. The average Bonchev–Trinajstić information content (AvgIpc) is 0.860. The number of thioether (sulfide) groups is 1. The van der Waals surface area contributed by atoms with Crippen molar-refractivity contribution in [2.24, 2.45) is 0 Å². The monoisotopic (exact) mass is 1440 g/mol. The molecule has 11 aromatic rings. The summed E-state index contributed by atoms with van der Waals surface area (Å²) in [6.07, 6.45) is 3.88. The molecule has 0 saturated carbocycles. The number of nitrogens with zero attached hydrogens (tertiary/aromatic N) is 1. The highest BCUT2D eigenvalue weighted by Crippen LogP contribution is 2.28. The molecule has 0 radical (unpaired) electrons. The van der Waals surface area contributed by atoms with Crippen LogP contribution < -0.4 is 25.4 Å². The number of phenolic OH excluding ortho intramolecular Hbond substituents is 1. The molecule has 11 rings (SSSR count). The van der Waals surface area contributed by atoms with Crippen molar-refractivity contribution < 1.29 is 67.3 Å². The van der Waals surface area contributed by atoms with Gasteiger partial charge in [0.05, 0.1) is 6.61 Å². The molecule has 536 valence electrons. The average molecular weight is 1450 g/mol. The maximum atomic E-state index is 11.6. The third kappa shape index (κ3) is 32.3. The Hall–Kier alpha value is -12.7. The first-order valence-corrected chi connectivity index (χ1v) is 34.6. The zero-order valence-corrected chi connectivity index (χ0v) is 61.0.